The minimum atomic E-state index is -0.285. The van der Waals surface area contributed by atoms with Crippen LogP contribution in [0.2, 0.25) is 0 Å². The highest BCUT2D eigenvalue weighted by Crippen LogP contribution is 2.53. The molecule has 0 aliphatic carbocycles. The van der Waals surface area contributed by atoms with E-state index in [0.29, 0.717) is 5.92 Å². The SMILES string of the molecule is CC1CO[C@@]2(C)OCC[C@@]12C. The molecule has 2 heterocycles. The largest absolute Gasteiger partial charge is 0.350 e. The molecular weight excluding hydrogens is 140 g/mol. The third kappa shape index (κ3) is 0.744. The third-order valence-electron chi connectivity index (χ3n) is 3.73. The summed E-state index contributed by atoms with van der Waals surface area (Å²) in [6.45, 7) is 8.31. The van der Waals surface area contributed by atoms with Gasteiger partial charge >= 0.3 is 0 Å². The van der Waals surface area contributed by atoms with Gasteiger partial charge in [-0.25, -0.2) is 0 Å². The van der Waals surface area contributed by atoms with Crippen molar-refractivity contribution in [2.75, 3.05) is 13.2 Å². The molecule has 64 valence electrons. The Morgan fingerprint density at radius 3 is 2.64 bits per heavy atom. The van der Waals surface area contributed by atoms with E-state index in [9.17, 15) is 0 Å². The number of hydrogen-bond acceptors (Lipinski definition) is 2. The molecule has 2 fully saturated rings. The molecule has 2 heteroatoms. The fourth-order valence-corrected chi connectivity index (χ4v) is 2.22. The van der Waals surface area contributed by atoms with Crippen molar-refractivity contribution in [3.8, 4) is 0 Å². The van der Waals surface area contributed by atoms with Crippen LogP contribution in [0, 0.1) is 11.3 Å². The summed E-state index contributed by atoms with van der Waals surface area (Å²) in [6.07, 6.45) is 1.14. The van der Waals surface area contributed by atoms with E-state index in [0.717, 1.165) is 19.6 Å². The lowest BCUT2D eigenvalue weighted by molar-refractivity contribution is -0.201. The van der Waals surface area contributed by atoms with Crippen LogP contribution in [0.15, 0.2) is 0 Å². The molecule has 0 spiro atoms. The summed E-state index contributed by atoms with van der Waals surface area (Å²) in [5, 5.41) is 0. The smallest absolute Gasteiger partial charge is 0.171 e. The molecule has 2 rings (SSSR count). The first-order valence-electron chi connectivity index (χ1n) is 4.36. The minimum Gasteiger partial charge on any atom is -0.350 e. The summed E-state index contributed by atoms with van der Waals surface area (Å²) in [6, 6.07) is 0. The van der Waals surface area contributed by atoms with E-state index in [-0.39, 0.29) is 11.2 Å². The Morgan fingerprint density at radius 1 is 1.27 bits per heavy atom. The summed E-state index contributed by atoms with van der Waals surface area (Å²) >= 11 is 0. The monoisotopic (exact) mass is 156 g/mol. The Hall–Kier alpha value is -0.0800. The molecule has 0 bridgehead atoms. The molecule has 0 saturated carbocycles. The first-order valence-corrected chi connectivity index (χ1v) is 4.36. The second kappa shape index (κ2) is 1.99. The molecule has 0 aromatic rings. The van der Waals surface area contributed by atoms with Crippen molar-refractivity contribution in [3.63, 3.8) is 0 Å². The van der Waals surface area contributed by atoms with Crippen molar-refractivity contribution >= 4 is 0 Å². The summed E-state index contributed by atoms with van der Waals surface area (Å²) in [7, 11) is 0. The highest BCUT2D eigenvalue weighted by Gasteiger charge is 2.58. The second-order valence-electron chi connectivity index (χ2n) is 4.17. The highest BCUT2D eigenvalue weighted by molar-refractivity contribution is 4.99. The Balaban J connectivity index is 2.33. The standard InChI is InChI=1S/C9H16O2/c1-7-6-11-9(3)8(7,2)4-5-10-9/h7H,4-6H2,1-3H3/t7?,8-,9+/m0/s1. The molecule has 3 atom stereocenters. The van der Waals surface area contributed by atoms with Gasteiger partial charge in [0.1, 0.15) is 0 Å². The molecule has 11 heavy (non-hydrogen) atoms. The van der Waals surface area contributed by atoms with Crippen LogP contribution in [0.4, 0.5) is 0 Å². The van der Waals surface area contributed by atoms with Crippen LogP contribution in [0.1, 0.15) is 27.2 Å². The molecule has 0 aromatic heterocycles. The van der Waals surface area contributed by atoms with E-state index < -0.39 is 0 Å². The zero-order valence-electron chi connectivity index (χ0n) is 7.52. The van der Waals surface area contributed by atoms with Crippen LogP contribution in [0.25, 0.3) is 0 Å². The third-order valence-corrected chi connectivity index (χ3v) is 3.73. The lowest BCUT2D eigenvalue weighted by Gasteiger charge is -2.33. The minimum absolute atomic E-state index is 0.257. The maximum Gasteiger partial charge on any atom is 0.171 e. The van der Waals surface area contributed by atoms with Crippen molar-refractivity contribution < 1.29 is 9.47 Å². The molecule has 0 radical (unpaired) electrons. The summed E-state index contributed by atoms with van der Waals surface area (Å²) in [5.74, 6) is 0.349. The fourth-order valence-electron chi connectivity index (χ4n) is 2.22. The lowest BCUT2D eigenvalue weighted by Crippen LogP contribution is -2.38. The Kier molecular flexibility index (Phi) is 1.37. The Bertz CT molecular complexity index is 180. The van der Waals surface area contributed by atoms with Gasteiger partial charge in [0.05, 0.1) is 13.2 Å². The van der Waals surface area contributed by atoms with E-state index in [2.05, 4.69) is 20.8 Å². The predicted molar refractivity (Wildman–Crippen MR) is 42.2 cm³/mol. The zero-order chi connectivity index (χ0) is 8.11. The molecule has 2 aliphatic heterocycles. The maximum absolute atomic E-state index is 5.66. The topological polar surface area (TPSA) is 18.5 Å². The lowest BCUT2D eigenvalue weighted by atomic mass is 9.74. The van der Waals surface area contributed by atoms with Crippen LogP contribution < -0.4 is 0 Å². The number of fused-ring (bicyclic) bond motifs is 1. The van der Waals surface area contributed by atoms with E-state index in [1.165, 1.54) is 0 Å². The van der Waals surface area contributed by atoms with Gasteiger partial charge in [-0.2, -0.15) is 0 Å². The molecule has 1 unspecified atom stereocenters. The number of hydrogen-bond donors (Lipinski definition) is 0. The van der Waals surface area contributed by atoms with Crippen molar-refractivity contribution in [2.45, 2.75) is 33.0 Å². The Labute approximate surface area is 67.9 Å². The molecule has 2 saturated heterocycles. The van der Waals surface area contributed by atoms with Crippen LogP contribution in [0.5, 0.6) is 0 Å². The average Bonchev–Trinajstić information content (AvgIpc) is 2.34. The molecular formula is C9H16O2. The van der Waals surface area contributed by atoms with Crippen molar-refractivity contribution in [2.24, 2.45) is 11.3 Å². The predicted octanol–water partition coefficient (Wildman–Crippen LogP) is 1.80. The van der Waals surface area contributed by atoms with Gasteiger partial charge in [0.2, 0.25) is 0 Å². The van der Waals surface area contributed by atoms with Gasteiger partial charge in [-0.15, -0.1) is 0 Å². The average molecular weight is 156 g/mol. The van der Waals surface area contributed by atoms with Crippen molar-refractivity contribution in [1.29, 1.82) is 0 Å². The first kappa shape index (κ1) is 7.56. The second-order valence-corrected chi connectivity index (χ2v) is 4.17. The summed E-state index contributed by atoms with van der Waals surface area (Å²) < 4.78 is 11.3. The van der Waals surface area contributed by atoms with Gasteiger partial charge in [0, 0.05) is 5.41 Å². The van der Waals surface area contributed by atoms with Gasteiger partial charge in [-0.1, -0.05) is 13.8 Å². The number of rotatable bonds is 0. The molecule has 0 amide bonds. The molecule has 0 N–H and O–H groups in total. The maximum atomic E-state index is 5.66. The quantitative estimate of drug-likeness (QED) is 0.532. The first-order chi connectivity index (χ1) is 5.08. The van der Waals surface area contributed by atoms with Crippen molar-refractivity contribution in [1.82, 2.24) is 0 Å². The zero-order valence-corrected chi connectivity index (χ0v) is 7.52. The fraction of sp³-hybridized carbons (Fsp3) is 1.00. The van der Waals surface area contributed by atoms with E-state index in [1.54, 1.807) is 0 Å². The van der Waals surface area contributed by atoms with Gasteiger partial charge in [-0.05, 0) is 19.3 Å². The van der Waals surface area contributed by atoms with Crippen LogP contribution >= 0.6 is 0 Å². The van der Waals surface area contributed by atoms with Crippen molar-refractivity contribution in [3.05, 3.63) is 0 Å². The summed E-state index contributed by atoms with van der Waals surface area (Å²) in [4.78, 5) is 0. The summed E-state index contributed by atoms with van der Waals surface area (Å²) in [5.41, 5.74) is 0.257. The highest BCUT2D eigenvalue weighted by atomic mass is 16.7. The van der Waals surface area contributed by atoms with E-state index in [4.69, 9.17) is 9.47 Å². The van der Waals surface area contributed by atoms with Gasteiger partial charge in [-0.3, -0.25) is 0 Å². The van der Waals surface area contributed by atoms with Crippen LogP contribution in [-0.4, -0.2) is 19.0 Å². The Morgan fingerprint density at radius 2 is 2.00 bits per heavy atom. The molecule has 2 aliphatic rings. The molecule has 2 nitrogen and oxygen atoms in total. The normalized spacial score (nSPS) is 56.5. The van der Waals surface area contributed by atoms with Gasteiger partial charge in [0.15, 0.2) is 5.79 Å². The number of ether oxygens (including phenoxy) is 2. The van der Waals surface area contributed by atoms with Gasteiger partial charge in [0.25, 0.3) is 0 Å². The van der Waals surface area contributed by atoms with E-state index >= 15 is 0 Å². The van der Waals surface area contributed by atoms with Gasteiger partial charge < -0.3 is 9.47 Å². The van der Waals surface area contributed by atoms with E-state index in [1.807, 2.05) is 0 Å². The van der Waals surface area contributed by atoms with Crippen LogP contribution in [-0.2, 0) is 9.47 Å². The molecule has 0 aromatic carbocycles. The van der Waals surface area contributed by atoms with Crippen LogP contribution in [0.3, 0.4) is 0 Å².